The van der Waals surface area contributed by atoms with Crippen molar-refractivity contribution in [3.63, 3.8) is 0 Å². The summed E-state index contributed by atoms with van der Waals surface area (Å²) in [4.78, 5) is 12.4. The van der Waals surface area contributed by atoms with Crippen LogP contribution in [0.2, 0.25) is 0 Å². The third kappa shape index (κ3) is 3.53. The minimum absolute atomic E-state index is 0.110. The van der Waals surface area contributed by atoms with Gasteiger partial charge in [0.05, 0.1) is 0 Å². The van der Waals surface area contributed by atoms with Gasteiger partial charge in [0.25, 0.3) is 0 Å². The lowest BCUT2D eigenvalue weighted by Crippen LogP contribution is -2.65. The van der Waals surface area contributed by atoms with Gasteiger partial charge in [-0.15, -0.1) is 6.58 Å². The summed E-state index contributed by atoms with van der Waals surface area (Å²) in [7, 11) is 3.56. The molecule has 124 valence electrons. The van der Waals surface area contributed by atoms with Gasteiger partial charge in [-0.05, 0) is 55.3 Å². The number of hydrogen-bond acceptors (Lipinski definition) is 3. The molecule has 22 heavy (non-hydrogen) atoms. The molecule has 0 aromatic heterocycles. The predicted octanol–water partition coefficient (Wildman–Crippen LogP) is 4.81. The molecule has 4 atom stereocenters. The van der Waals surface area contributed by atoms with Crippen LogP contribution in [-0.4, -0.2) is 23.0 Å². The van der Waals surface area contributed by atoms with Gasteiger partial charge in [-0.3, -0.25) is 4.79 Å². The zero-order chi connectivity index (χ0) is 15.8. The molecule has 1 N–H and O–H groups in total. The maximum Gasteiger partial charge on any atom is 0.221 e. The molecular weight excluding hydrogens is 310 g/mol. The second kappa shape index (κ2) is 6.08. The van der Waals surface area contributed by atoms with E-state index in [0.717, 1.165) is 17.4 Å². The number of amides is 1. The van der Waals surface area contributed by atoms with Crippen LogP contribution in [0.3, 0.4) is 0 Å². The summed E-state index contributed by atoms with van der Waals surface area (Å²) in [5.74, 6) is 2.96. The molecule has 4 heteroatoms. The topological polar surface area (TPSA) is 29.1 Å². The Hall–Kier alpha value is -0.0900. The zero-order valence-corrected chi connectivity index (χ0v) is 15.6. The van der Waals surface area contributed by atoms with Crippen molar-refractivity contribution >= 4 is 27.5 Å². The normalized spacial score (nSPS) is 42.4. The first-order valence-electron chi connectivity index (χ1n) is 8.52. The molecule has 2 unspecified atom stereocenters. The molecule has 0 aromatic rings. The Labute approximate surface area is 143 Å². The third-order valence-electron chi connectivity index (χ3n) is 5.71. The second-order valence-corrected chi connectivity index (χ2v) is 11.2. The van der Waals surface area contributed by atoms with Crippen molar-refractivity contribution in [3.05, 3.63) is 12.7 Å². The summed E-state index contributed by atoms with van der Waals surface area (Å²) in [5, 5.41) is 3.48. The molecule has 0 radical (unpaired) electrons. The van der Waals surface area contributed by atoms with Crippen LogP contribution >= 0.6 is 21.6 Å². The van der Waals surface area contributed by atoms with Crippen LogP contribution in [0.25, 0.3) is 0 Å². The number of hydrogen-bond donors (Lipinski definition) is 1. The van der Waals surface area contributed by atoms with E-state index in [4.69, 9.17) is 0 Å². The maximum atomic E-state index is 12.4. The molecule has 4 aliphatic rings. The first-order valence-corrected chi connectivity index (χ1v) is 11.0. The first kappa shape index (κ1) is 16.8. The minimum atomic E-state index is 0.110. The summed E-state index contributed by atoms with van der Waals surface area (Å²) in [6, 6.07) is 0. The Balaban J connectivity index is 1.55. The van der Waals surface area contributed by atoms with Gasteiger partial charge in [0.15, 0.2) is 0 Å². The average molecular weight is 340 g/mol. The van der Waals surface area contributed by atoms with Gasteiger partial charge in [-0.2, -0.15) is 0 Å². The Bertz CT molecular complexity index is 446. The summed E-state index contributed by atoms with van der Waals surface area (Å²) < 4.78 is 0. The Morgan fingerprint density at radius 2 is 1.86 bits per heavy atom. The highest BCUT2D eigenvalue weighted by Gasteiger charge is 2.60. The maximum absolute atomic E-state index is 12.4. The molecule has 4 aliphatic carbocycles. The number of carbonyl (C=O) groups is 1. The SMILES string of the molecule is C=CCSSCCC(=O)NC12CC3C[C@@](C)(C1)C[C@](C)(C3)C2. The molecule has 4 fully saturated rings. The van der Waals surface area contributed by atoms with E-state index in [1.54, 1.807) is 21.6 Å². The molecule has 0 heterocycles. The Morgan fingerprint density at radius 1 is 1.18 bits per heavy atom. The van der Waals surface area contributed by atoms with Crippen LogP contribution in [-0.2, 0) is 4.79 Å². The highest BCUT2D eigenvalue weighted by atomic mass is 33.1. The van der Waals surface area contributed by atoms with E-state index >= 15 is 0 Å². The molecule has 0 aliphatic heterocycles. The molecule has 4 saturated carbocycles. The Kier molecular flexibility index (Phi) is 4.63. The molecule has 0 aromatic carbocycles. The fraction of sp³-hybridized carbons (Fsp3) is 0.833. The quantitative estimate of drug-likeness (QED) is 0.410. The van der Waals surface area contributed by atoms with Crippen molar-refractivity contribution in [1.82, 2.24) is 5.32 Å². The fourth-order valence-electron chi connectivity index (χ4n) is 6.23. The van der Waals surface area contributed by atoms with Gasteiger partial charge in [0.2, 0.25) is 5.91 Å². The second-order valence-electron chi connectivity index (χ2n) is 8.60. The average Bonchev–Trinajstić information content (AvgIpc) is 2.33. The fourth-order valence-corrected chi connectivity index (χ4v) is 7.99. The first-order chi connectivity index (χ1) is 10.4. The van der Waals surface area contributed by atoms with Gasteiger partial charge in [0.1, 0.15) is 0 Å². The van der Waals surface area contributed by atoms with Crippen molar-refractivity contribution in [2.24, 2.45) is 16.7 Å². The summed E-state index contributed by atoms with van der Waals surface area (Å²) in [5.41, 5.74) is 1.05. The monoisotopic (exact) mass is 339 g/mol. The van der Waals surface area contributed by atoms with Gasteiger partial charge in [-0.1, -0.05) is 41.5 Å². The number of carbonyl (C=O) groups excluding carboxylic acids is 1. The van der Waals surface area contributed by atoms with Gasteiger partial charge in [0, 0.05) is 23.5 Å². The van der Waals surface area contributed by atoms with Crippen molar-refractivity contribution in [2.75, 3.05) is 11.5 Å². The molecule has 2 nitrogen and oxygen atoms in total. The van der Waals surface area contributed by atoms with Crippen LogP contribution < -0.4 is 5.32 Å². The van der Waals surface area contributed by atoms with E-state index < -0.39 is 0 Å². The van der Waals surface area contributed by atoms with E-state index in [-0.39, 0.29) is 11.4 Å². The lowest BCUT2D eigenvalue weighted by atomic mass is 9.43. The zero-order valence-electron chi connectivity index (χ0n) is 14.0. The molecule has 1 amide bonds. The van der Waals surface area contributed by atoms with Gasteiger partial charge in [-0.25, -0.2) is 0 Å². The molecule has 4 rings (SSSR count). The smallest absolute Gasteiger partial charge is 0.221 e. The van der Waals surface area contributed by atoms with Crippen molar-refractivity contribution in [1.29, 1.82) is 0 Å². The lowest BCUT2D eigenvalue weighted by molar-refractivity contribution is -0.139. The minimum Gasteiger partial charge on any atom is -0.351 e. The third-order valence-corrected chi connectivity index (χ3v) is 8.03. The van der Waals surface area contributed by atoms with Crippen molar-refractivity contribution in [3.8, 4) is 0 Å². The van der Waals surface area contributed by atoms with E-state index in [2.05, 4.69) is 25.7 Å². The van der Waals surface area contributed by atoms with Gasteiger partial charge < -0.3 is 5.32 Å². The van der Waals surface area contributed by atoms with Crippen LogP contribution in [0.4, 0.5) is 0 Å². The predicted molar refractivity (Wildman–Crippen MR) is 98.0 cm³/mol. The summed E-state index contributed by atoms with van der Waals surface area (Å²) in [6.07, 6.45) is 10.3. The molecule has 0 spiro atoms. The van der Waals surface area contributed by atoms with Crippen LogP contribution in [0.1, 0.15) is 58.8 Å². The van der Waals surface area contributed by atoms with Crippen molar-refractivity contribution < 1.29 is 4.79 Å². The standard InChI is InChI=1S/C18H29NOS2/c1-4-6-21-22-7-5-15(20)19-18-10-14-8-16(2,12-18)11-17(3,9-14)13-18/h4,14H,1,5-13H2,2-3H3,(H,19,20)/t14?,16-,17+,18?. The summed E-state index contributed by atoms with van der Waals surface area (Å²) >= 11 is 0. The van der Waals surface area contributed by atoms with Crippen LogP contribution in [0, 0.1) is 16.7 Å². The van der Waals surface area contributed by atoms with Crippen molar-refractivity contribution in [2.45, 2.75) is 64.3 Å². The highest BCUT2D eigenvalue weighted by molar-refractivity contribution is 8.76. The lowest BCUT2D eigenvalue weighted by Gasteiger charge is -2.65. The molecule has 4 bridgehead atoms. The molecular formula is C18H29NOS2. The highest BCUT2D eigenvalue weighted by Crippen LogP contribution is 2.66. The number of rotatable bonds is 7. The van der Waals surface area contributed by atoms with E-state index in [1.807, 2.05) is 6.08 Å². The van der Waals surface area contributed by atoms with E-state index in [1.165, 1.54) is 38.5 Å². The molecule has 0 saturated heterocycles. The number of nitrogens with one attached hydrogen (secondary N) is 1. The van der Waals surface area contributed by atoms with Gasteiger partial charge >= 0.3 is 0 Å². The van der Waals surface area contributed by atoms with E-state index in [0.29, 0.717) is 17.3 Å². The largest absolute Gasteiger partial charge is 0.351 e. The summed E-state index contributed by atoms with van der Waals surface area (Å²) in [6.45, 7) is 8.63. The van der Waals surface area contributed by atoms with Crippen LogP contribution in [0.5, 0.6) is 0 Å². The Morgan fingerprint density at radius 3 is 2.45 bits per heavy atom. The van der Waals surface area contributed by atoms with E-state index in [9.17, 15) is 4.79 Å². The van der Waals surface area contributed by atoms with Crippen LogP contribution in [0.15, 0.2) is 12.7 Å².